The van der Waals surface area contributed by atoms with E-state index in [9.17, 15) is 14.4 Å². The number of carbonyl (C=O) groups is 3. The predicted molar refractivity (Wildman–Crippen MR) is 90.2 cm³/mol. The summed E-state index contributed by atoms with van der Waals surface area (Å²) in [7, 11) is 1.27. The zero-order valence-electron chi connectivity index (χ0n) is 14.2. The first kappa shape index (κ1) is 17.5. The van der Waals surface area contributed by atoms with Crippen molar-refractivity contribution in [1.82, 2.24) is 20.2 Å². The van der Waals surface area contributed by atoms with Crippen molar-refractivity contribution in [2.24, 2.45) is 0 Å². The Hall–Kier alpha value is -3.30. The number of esters is 1. The maximum Gasteiger partial charge on any atom is 0.313 e. The fourth-order valence-electron chi connectivity index (χ4n) is 2.62. The van der Waals surface area contributed by atoms with Gasteiger partial charge in [0.2, 0.25) is 11.8 Å². The summed E-state index contributed by atoms with van der Waals surface area (Å²) in [5, 5.41) is 14.1. The van der Waals surface area contributed by atoms with Gasteiger partial charge in [0.05, 0.1) is 7.11 Å². The van der Waals surface area contributed by atoms with E-state index >= 15 is 0 Å². The van der Waals surface area contributed by atoms with Gasteiger partial charge >= 0.3 is 5.97 Å². The van der Waals surface area contributed by atoms with E-state index < -0.39 is 5.97 Å². The van der Waals surface area contributed by atoms with Gasteiger partial charge in [-0.3, -0.25) is 14.4 Å². The largest absolute Gasteiger partial charge is 0.469 e. The molecule has 10 nitrogen and oxygen atoms in total. The van der Waals surface area contributed by atoms with Crippen LogP contribution >= 0.6 is 0 Å². The Kier molecular flexibility index (Phi) is 5.20. The van der Waals surface area contributed by atoms with Gasteiger partial charge in [0.15, 0.2) is 5.82 Å². The molecule has 0 atom stereocenters. The molecular formula is C16H18N6O4. The lowest BCUT2D eigenvalue weighted by molar-refractivity contribution is -0.139. The van der Waals surface area contributed by atoms with E-state index in [0.29, 0.717) is 18.7 Å². The Morgan fingerprint density at radius 1 is 1.35 bits per heavy atom. The summed E-state index contributed by atoms with van der Waals surface area (Å²) in [6.45, 7) is 0.531. The molecule has 1 aromatic carbocycles. The molecule has 0 saturated carbocycles. The molecule has 1 aliphatic rings. The van der Waals surface area contributed by atoms with E-state index in [-0.39, 0.29) is 30.6 Å². The lowest BCUT2D eigenvalue weighted by atomic mass is 10.2. The van der Waals surface area contributed by atoms with E-state index in [0.717, 1.165) is 16.9 Å². The molecule has 2 aromatic rings. The molecule has 26 heavy (non-hydrogen) atoms. The minimum Gasteiger partial charge on any atom is -0.469 e. The van der Waals surface area contributed by atoms with Crippen molar-refractivity contribution < 1.29 is 19.1 Å². The molecule has 0 radical (unpaired) electrons. The number of rotatable bonds is 6. The first-order valence-corrected chi connectivity index (χ1v) is 8.09. The van der Waals surface area contributed by atoms with Crippen LogP contribution < -0.4 is 10.2 Å². The quantitative estimate of drug-likeness (QED) is 0.730. The Bertz CT molecular complexity index is 834. The Morgan fingerprint density at radius 2 is 2.19 bits per heavy atom. The fraction of sp³-hybridized carbons (Fsp3) is 0.375. The molecule has 1 aromatic heterocycles. The van der Waals surface area contributed by atoms with E-state index in [4.69, 9.17) is 0 Å². The van der Waals surface area contributed by atoms with Gasteiger partial charge in [-0.25, -0.2) is 0 Å². The molecule has 136 valence electrons. The minimum absolute atomic E-state index is 0.0819. The van der Waals surface area contributed by atoms with Crippen LogP contribution in [0.5, 0.6) is 0 Å². The lowest BCUT2D eigenvalue weighted by Gasteiger charge is -2.16. The highest BCUT2D eigenvalue weighted by Crippen LogP contribution is 2.24. The number of hydrogen-bond acceptors (Lipinski definition) is 7. The molecular weight excluding hydrogens is 340 g/mol. The zero-order chi connectivity index (χ0) is 18.5. The SMILES string of the molecule is COC(=O)Cc1nnn(CC(=O)Nc2cccc(N3CCCC3=O)c2)n1. The number of amides is 2. The number of methoxy groups -OCH3 is 1. The van der Waals surface area contributed by atoms with Gasteiger partial charge in [-0.1, -0.05) is 6.07 Å². The molecule has 1 N–H and O–H groups in total. The number of ether oxygens (including phenoxy) is 1. The molecule has 1 fully saturated rings. The number of tetrazole rings is 1. The van der Waals surface area contributed by atoms with Crippen molar-refractivity contribution >= 4 is 29.2 Å². The minimum atomic E-state index is -0.484. The lowest BCUT2D eigenvalue weighted by Crippen LogP contribution is -2.24. The van der Waals surface area contributed by atoms with Crippen LogP contribution in [0.3, 0.4) is 0 Å². The second-order valence-corrected chi connectivity index (χ2v) is 5.74. The number of anilines is 2. The third-order valence-electron chi connectivity index (χ3n) is 3.82. The highest BCUT2D eigenvalue weighted by Gasteiger charge is 2.21. The van der Waals surface area contributed by atoms with Gasteiger partial charge in [0, 0.05) is 24.3 Å². The van der Waals surface area contributed by atoms with Crippen LogP contribution in [0.1, 0.15) is 18.7 Å². The standard InChI is InChI=1S/C16H18N6O4/c1-26-16(25)9-13-18-20-22(19-13)10-14(23)17-11-4-2-5-12(8-11)21-7-3-6-15(21)24/h2,4-5,8H,3,6-7,9-10H2,1H3,(H,17,23). The number of nitrogens with zero attached hydrogens (tertiary/aromatic N) is 5. The molecule has 1 aliphatic heterocycles. The fourth-order valence-corrected chi connectivity index (χ4v) is 2.62. The van der Waals surface area contributed by atoms with Crippen LogP contribution in [-0.4, -0.2) is 51.6 Å². The van der Waals surface area contributed by atoms with Gasteiger partial charge in [-0.2, -0.15) is 4.80 Å². The van der Waals surface area contributed by atoms with E-state index in [1.165, 1.54) is 7.11 Å². The van der Waals surface area contributed by atoms with E-state index in [1.54, 1.807) is 23.1 Å². The van der Waals surface area contributed by atoms with Crippen LogP contribution in [0.25, 0.3) is 0 Å². The third-order valence-corrected chi connectivity index (χ3v) is 3.82. The van der Waals surface area contributed by atoms with Crippen molar-refractivity contribution in [3.05, 3.63) is 30.1 Å². The van der Waals surface area contributed by atoms with Crippen LogP contribution in [0.4, 0.5) is 11.4 Å². The summed E-state index contributed by atoms with van der Waals surface area (Å²) in [6.07, 6.45) is 1.27. The van der Waals surface area contributed by atoms with Crippen LogP contribution in [0, 0.1) is 0 Å². The summed E-state index contributed by atoms with van der Waals surface area (Å²) in [5.41, 5.74) is 1.33. The van der Waals surface area contributed by atoms with Crippen molar-refractivity contribution in [3.63, 3.8) is 0 Å². The molecule has 2 amide bonds. The summed E-state index contributed by atoms with van der Waals surface area (Å²) in [6, 6.07) is 7.09. The van der Waals surface area contributed by atoms with Crippen molar-refractivity contribution in [1.29, 1.82) is 0 Å². The van der Waals surface area contributed by atoms with Gasteiger partial charge in [-0.05, 0) is 29.8 Å². The zero-order valence-corrected chi connectivity index (χ0v) is 14.2. The number of hydrogen-bond donors (Lipinski definition) is 1. The first-order chi connectivity index (χ1) is 12.5. The van der Waals surface area contributed by atoms with E-state index in [2.05, 4.69) is 25.5 Å². The maximum absolute atomic E-state index is 12.2. The van der Waals surface area contributed by atoms with Gasteiger partial charge < -0.3 is 15.0 Å². The van der Waals surface area contributed by atoms with Gasteiger partial charge in [0.1, 0.15) is 13.0 Å². The Labute approximate surface area is 149 Å². The molecule has 0 spiro atoms. The van der Waals surface area contributed by atoms with Crippen molar-refractivity contribution in [2.75, 3.05) is 23.9 Å². The second kappa shape index (κ2) is 7.72. The number of aromatic nitrogens is 4. The molecule has 0 aliphatic carbocycles. The summed E-state index contributed by atoms with van der Waals surface area (Å²) >= 11 is 0. The Balaban J connectivity index is 1.60. The Morgan fingerprint density at radius 3 is 2.92 bits per heavy atom. The van der Waals surface area contributed by atoms with Crippen LogP contribution in [0.15, 0.2) is 24.3 Å². The van der Waals surface area contributed by atoms with Crippen molar-refractivity contribution in [2.45, 2.75) is 25.8 Å². The van der Waals surface area contributed by atoms with Gasteiger partial charge in [-0.15, -0.1) is 10.2 Å². The van der Waals surface area contributed by atoms with Crippen LogP contribution in [0.2, 0.25) is 0 Å². The average molecular weight is 358 g/mol. The molecule has 1 saturated heterocycles. The molecule has 0 unspecified atom stereocenters. The smallest absolute Gasteiger partial charge is 0.313 e. The molecule has 0 bridgehead atoms. The van der Waals surface area contributed by atoms with Crippen LogP contribution in [-0.2, 0) is 32.1 Å². The summed E-state index contributed by atoms with van der Waals surface area (Å²) < 4.78 is 4.52. The molecule has 3 rings (SSSR count). The summed E-state index contributed by atoms with van der Waals surface area (Å²) in [5.74, 6) is -0.572. The van der Waals surface area contributed by atoms with Gasteiger partial charge in [0.25, 0.3) is 0 Å². The second-order valence-electron chi connectivity index (χ2n) is 5.74. The number of benzene rings is 1. The number of nitrogens with one attached hydrogen (secondary N) is 1. The monoisotopic (exact) mass is 358 g/mol. The maximum atomic E-state index is 12.2. The predicted octanol–water partition coefficient (Wildman–Crippen LogP) is 0.154. The molecule has 10 heteroatoms. The molecule has 2 heterocycles. The topological polar surface area (TPSA) is 119 Å². The van der Waals surface area contributed by atoms with E-state index in [1.807, 2.05) is 6.07 Å². The normalized spacial score (nSPS) is 13.7. The summed E-state index contributed by atoms with van der Waals surface area (Å²) in [4.78, 5) is 38.0. The number of carbonyl (C=O) groups excluding carboxylic acids is 3. The van der Waals surface area contributed by atoms with Crippen molar-refractivity contribution in [3.8, 4) is 0 Å². The average Bonchev–Trinajstić information content (AvgIpc) is 3.23. The first-order valence-electron chi connectivity index (χ1n) is 8.09. The third kappa shape index (κ3) is 4.21. The highest BCUT2D eigenvalue weighted by molar-refractivity contribution is 5.97. The highest BCUT2D eigenvalue weighted by atomic mass is 16.5.